The molecule has 2 atom stereocenters. The second kappa shape index (κ2) is 3.87. The first-order valence-corrected chi connectivity index (χ1v) is 5.37. The fraction of sp³-hybridized carbons (Fsp3) is 0.900. The molecule has 0 aromatic heterocycles. The Kier molecular flexibility index (Phi) is 2.74. The highest BCUT2D eigenvalue weighted by atomic mass is 16.4. The first-order chi connectivity index (χ1) is 6.70. The van der Waals surface area contributed by atoms with Crippen molar-refractivity contribution in [2.45, 2.75) is 31.3 Å². The summed E-state index contributed by atoms with van der Waals surface area (Å²) in [6.07, 6.45) is 3.32. The molecular weight excluding hydrogens is 180 g/mol. The number of aliphatic carboxylic acids is 1. The summed E-state index contributed by atoms with van der Waals surface area (Å²) >= 11 is 0. The van der Waals surface area contributed by atoms with Crippen molar-refractivity contribution in [3.05, 3.63) is 0 Å². The number of carbonyl (C=O) groups is 1. The molecule has 2 unspecified atom stereocenters. The quantitative estimate of drug-likeness (QED) is 0.705. The van der Waals surface area contributed by atoms with E-state index >= 15 is 0 Å². The van der Waals surface area contributed by atoms with Gasteiger partial charge in [-0.3, -0.25) is 9.69 Å². The number of rotatable bonds is 3. The number of carboxylic acids is 1. The molecule has 0 aromatic rings. The Hall–Kier alpha value is -0.610. The smallest absolute Gasteiger partial charge is 0.322 e. The summed E-state index contributed by atoms with van der Waals surface area (Å²) in [4.78, 5) is 15.5. The Labute approximate surface area is 84.5 Å². The molecule has 0 radical (unpaired) electrons. The van der Waals surface area contributed by atoms with Crippen LogP contribution in [0.1, 0.15) is 19.3 Å². The average Bonchev–Trinajstić information content (AvgIpc) is 2.42. The lowest BCUT2D eigenvalue weighted by Crippen LogP contribution is -2.57. The highest BCUT2D eigenvalue weighted by Gasteiger charge is 2.39. The Morgan fingerprint density at radius 2 is 2.07 bits per heavy atom. The van der Waals surface area contributed by atoms with Crippen LogP contribution in [0.15, 0.2) is 0 Å². The number of likely N-dealkylation sites (tertiary alicyclic amines) is 2. The largest absolute Gasteiger partial charge is 0.480 e. The van der Waals surface area contributed by atoms with E-state index in [-0.39, 0.29) is 12.1 Å². The van der Waals surface area contributed by atoms with Gasteiger partial charge in [0.05, 0.1) is 0 Å². The minimum atomic E-state index is -0.650. The normalized spacial score (nSPS) is 31.4. The third kappa shape index (κ3) is 1.64. The van der Waals surface area contributed by atoms with E-state index in [1.807, 2.05) is 7.05 Å². The molecule has 0 saturated carbocycles. The third-order valence-electron chi connectivity index (χ3n) is 3.48. The van der Waals surface area contributed by atoms with Gasteiger partial charge in [0.25, 0.3) is 0 Å². The molecule has 0 bridgehead atoms. The minimum Gasteiger partial charge on any atom is -0.480 e. The van der Waals surface area contributed by atoms with Gasteiger partial charge in [-0.25, -0.2) is 0 Å². The van der Waals surface area contributed by atoms with Crippen LogP contribution in [0.2, 0.25) is 0 Å². The SMILES string of the molecule is CN1CCCC1C(C(=O)O)N1CCC1. The molecule has 2 rings (SSSR count). The minimum absolute atomic E-state index is 0.229. The van der Waals surface area contributed by atoms with Crippen LogP contribution in [0.25, 0.3) is 0 Å². The monoisotopic (exact) mass is 198 g/mol. The van der Waals surface area contributed by atoms with E-state index in [1.54, 1.807) is 0 Å². The molecule has 0 aromatic carbocycles. The van der Waals surface area contributed by atoms with Gasteiger partial charge in [0.2, 0.25) is 0 Å². The van der Waals surface area contributed by atoms with Gasteiger partial charge in [-0.05, 0) is 32.9 Å². The first kappa shape index (κ1) is 9.93. The highest BCUT2D eigenvalue weighted by molar-refractivity contribution is 5.74. The van der Waals surface area contributed by atoms with Crippen LogP contribution in [0.5, 0.6) is 0 Å². The van der Waals surface area contributed by atoms with E-state index in [2.05, 4.69) is 9.80 Å². The van der Waals surface area contributed by atoms with E-state index in [0.717, 1.165) is 38.9 Å². The molecule has 2 heterocycles. The topological polar surface area (TPSA) is 43.8 Å². The van der Waals surface area contributed by atoms with Crippen LogP contribution < -0.4 is 0 Å². The maximum Gasteiger partial charge on any atom is 0.322 e. The van der Waals surface area contributed by atoms with Gasteiger partial charge < -0.3 is 10.0 Å². The van der Waals surface area contributed by atoms with E-state index in [0.29, 0.717) is 0 Å². The predicted molar refractivity (Wildman–Crippen MR) is 53.3 cm³/mol. The molecular formula is C10H18N2O2. The van der Waals surface area contributed by atoms with Crippen molar-refractivity contribution >= 4 is 5.97 Å². The van der Waals surface area contributed by atoms with Crippen molar-refractivity contribution in [3.63, 3.8) is 0 Å². The number of hydrogen-bond donors (Lipinski definition) is 1. The second-order valence-electron chi connectivity index (χ2n) is 4.36. The van der Waals surface area contributed by atoms with Crippen LogP contribution in [0.3, 0.4) is 0 Å². The summed E-state index contributed by atoms with van der Waals surface area (Å²) < 4.78 is 0. The molecule has 2 saturated heterocycles. The van der Waals surface area contributed by atoms with Crippen LogP contribution in [0.4, 0.5) is 0 Å². The van der Waals surface area contributed by atoms with E-state index in [9.17, 15) is 9.90 Å². The van der Waals surface area contributed by atoms with Crippen molar-refractivity contribution in [1.29, 1.82) is 0 Å². The Bertz CT molecular complexity index is 228. The third-order valence-corrected chi connectivity index (χ3v) is 3.48. The molecule has 2 fully saturated rings. The van der Waals surface area contributed by atoms with Crippen molar-refractivity contribution < 1.29 is 9.90 Å². The second-order valence-corrected chi connectivity index (χ2v) is 4.36. The molecule has 0 aliphatic carbocycles. The Morgan fingerprint density at radius 3 is 2.43 bits per heavy atom. The van der Waals surface area contributed by atoms with Gasteiger partial charge >= 0.3 is 5.97 Å². The lowest BCUT2D eigenvalue weighted by atomic mass is 10.0. The summed E-state index contributed by atoms with van der Waals surface area (Å²) in [5.74, 6) is -0.650. The molecule has 0 spiro atoms. The Morgan fingerprint density at radius 1 is 1.36 bits per heavy atom. The lowest BCUT2D eigenvalue weighted by Gasteiger charge is -2.40. The molecule has 2 aliphatic rings. The molecule has 2 aliphatic heterocycles. The Balaban J connectivity index is 2.05. The van der Waals surface area contributed by atoms with Gasteiger partial charge in [-0.1, -0.05) is 0 Å². The van der Waals surface area contributed by atoms with E-state index in [1.165, 1.54) is 0 Å². The van der Waals surface area contributed by atoms with E-state index in [4.69, 9.17) is 0 Å². The van der Waals surface area contributed by atoms with Crippen molar-refractivity contribution in [2.24, 2.45) is 0 Å². The zero-order valence-corrected chi connectivity index (χ0v) is 8.65. The van der Waals surface area contributed by atoms with Gasteiger partial charge in [-0.2, -0.15) is 0 Å². The summed E-state index contributed by atoms with van der Waals surface area (Å²) in [5, 5.41) is 9.22. The fourth-order valence-electron chi connectivity index (χ4n) is 2.52. The summed E-state index contributed by atoms with van der Waals surface area (Å²) in [6.45, 7) is 2.96. The maximum atomic E-state index is 11.2. The van der Waals surface area contributed by atoms with E-state index < -0.39 is 5.97 Å². The number of hydrogen-bond acceptors (Lipinski definition) is 3. The zero-order valence-electron chi connectivity index (χ0n) is 8.65. The van der Waals surface area contributed by atoms with Crippen molar-refractivity contribution in [1.82, 2.24) is 9.80 Å². The van der Waals surface area contributed by atoms with Gasteiger partial charge in [0.15, 0.2) is 0 Å². The number of carboxylic acid groups (broad SMARTS) is 1. The average molecular weight is 198 g/mol. The van der Waals surface area contributed by atoms with Gasteiger partial charge in [-0.15, -0.1) is 0 Å². The molecule has 80 valence electrons. The standard InChI is InChI=1S/C10H18N2O2/c1-11-5-2-4-8(11)9(10(13)14)12-6-3-7-12/h8-9H,2-7H2,1H3,(H,13,14). The van der Waals surface area contributed by atoms with Gasteiger partial charge in [0, 0.05) is 19.1 Å². The highest BCUT2D eigenvalue weighted by Crippen LogP contribution is 2.24. The zero-order chi connectivity index (χ0) is 10.1. The number of nitrogens with zero attached hydrogens (tertiary/aromatic N) is 2. The van der Waals surface area contributed by atoms with Crippen LogP contribution in [0, 0.1) is 0 Å². The fourth-order valence-corrected chi connectivity index (χ4v) is 2.52. The summed E-state index contributed by atoms with van der Waals surface area (Å²) in [7, 11) is 2.04. The molecule has 1 N–H and O–H groups in total. The summed E-state index contributed by atoms with van der Waals surface area (Å²) in [6, 6.07) is -0.0379. The van der Waals surface area contributed by atoms with Crippen molar-refractivity contribution in [2.75, 3.05) is 26.7 Å². The maximum absolute atomic E-state index is 11.2. The van der Waals surface area contributed by atoms with Gasteiger partial charge in [0.1, 0.15) is 6.04 Å². The van der Waals surface area contributed by atoms with Crippen LogP contribution >= 0.6 is 0 Å². The molecule has 14 heavy (non-hydrogen) atoms. The number of likely N-dealkylation sites (N-methyl/N-ethyl adjacent to an activating group) is 1. The van der Waals surface area contributed by atoms with Crippen LogP contribution in [-0.2, 0) is 4.79 Å². The predicted octanol–water partition coefficient (Wildman–Crippen LogP) is 0.239. The van der Waals surface area contributed by atoms with Crippen LogP contribution in [-0.4, -0.2) is 59.6 Å². The first-order valence-electron chi connectivity index (χ1n) is 5.37. The lowest BCUT2D eigenvalue weighted by molar-refractivity contribution is -0.147. The van der Waals surface area contributed by atoms with Crippen molar-refractivity contribution in [3.8, 4) is 0 Å². The molecule has 4 nitrogen and oxygen atoms in total. The molecule has 4 heteroatoms. The molecule has 0 amide bonds. The summed E-state index contributed by atoms with van der Waals surface area (Å²) in [5.41, 5.74) is 0.